The van der Waals surface area contributed by atoms with Gasteiger partial charge in [0.05, 0.1) is 10.0 Å². The first-order chi connectivity index (χ1) is 7.08. The number of hydrogen-bond acceptors (Lipinski definition) is 3. The van der Waals surface area contributed by atoms with Crippen molar-refractivity contribution in [2.45, 2.75) is 13.0 Å². The Balaban J connectivity index is 2.35. The fraction of sp³-hybridized carbons (Fsp3) is 0.300. The molecule has 0 aliphatic carbocycles. The lowest BCUT2D eigenvalue weighted by Crippen LogP contribution is -1.97. The smallest absolute Gasteiger partial charge is 0.117 e. The second-order valence-corrected chi connectivity index (χ2v) is 5.13. The predicted octanol–water partition coefficient (Wildman–Crippen LogP) is 2.53. The van der Waals surface area contributed by atoms with Crippen molar-refractivity contribution < 1.29 is 5.11 Å². The van der Waals surface area contributed by atoms with E-state index in [2.05, 4.69) is 5.10 Å². The topological polar surface area (TPSA) is 38.0 Å². The lowest BCUT2D eigenvalue weighted by Gasteiger charge is -2.06. The van der Waals surface area contributed by atoms with Crippen molar-refractivity contribution in [3.63, 3.8) is 0 Å². The van der Waals surface area contributed by atoms with E-state index in [-0.39, 0.29) is 0 Å². The predicted molar refractivity (Wildman–Crippen MR) is 61.3 cm³/mol. The van der Waals surface area contributed by atoms with E-state index in [0.29, 0.717) is 4.34 Å². The van der Waals surface area contributed by atoms with Crippen LogP contribution in [0.3, 0.4) is 0 Å². The highest BCUT2D eigenvalue weighted by atomic mass is 35.5. The highest BCUT2D eigenvalue weighted by Crippen LogP contribution is 2.31. The molecule has 2 heterocycles. The van der Waals surface area contributed by atoms with E-state index in [1.54, 1.807) is 10.7 Å². The molecule has 2 aromatic rings. The Kier molecular flexibility index (Phi) is 2.82. The monoisotopic (exact) mass is 242 g/mol. The Labute approximate surface area is 96.9 Å². The first kappa shape index (κ1) is 10.7. The van der Waals surface area contributed by atoms with Crippen LogP contribution in [0.1, 0.15) is 22.2 Å². The number of aromatic nitrogens is 2. The van der Waals surface area contributed by atoms with Crippen LogP contribution in [0.4, 0.5) is 0 Å². The summed E-state index contributed by atoms with van der Waals surface area (Å²) in [7, 11) is 1.84. The van der Waals surface area contributed by atoms with Gasteiger partial charge in [-0.2, -0.15) is 5.10 Å². The minimum atomic E-state index is -0.629. The summed E-state index contributed by atoms with van der Waals surface area (Å²) in [6.45, 7) is 1.88. The minimum absolute atomic E-state index is 0.629. The summed E-state index contributed by atoms with van der Waals surface area (Å²) in [5.74, 6) is 0. The molecule has 2 aromatic heterocycles. The molecular formula is C10H11ClN2OS. The quantitative estimate of drug-likeness (QED) is 0.879. The molecule has 1 unspecified atom stereocenters. The summed E-state index contributed by atoms with van der Waals surface area (Å²) < 4.78 is 2.38. The standard InChI is InChI=1S/C10H11ClN2OS/c1-6-7(5-13(2)12-6)10(14)8-3-4-9(11)15-8/h3-5,10,14H,1-2H3. The number of aryl methyl sites for hydroxylation is 2. The van der Waals surface area contributed by atoms with Crippen LogP contribution in [-0.4, -0.2) is 14.9 Å². The number of aliphatic hydroxyl groups is 1. The first-order valence-corrected chi connectivity index (χ1v) is 5.71. The Morgan fingerprint density at radius 3 is 2.73 bits per heavy atom. The molecule has 0 saturated heterocycles. The summed E-state index contributed by atoms with van der Waals surface area (Å²) >= 11 is 7.21. The molecule has 5 heteroatoms. The Bertz CT molecular complexity index is 477. The van der Waals surface area contributed by atoms with Crippen LogP contribution in [0.15, 0.2) is 18.3 Å². The molecule has 0 aliphatic heterocycles. The second kappa shape index (κ2) is 3.96. The van der Waals surface area contributed by atoms with Gasteiger partial charge in [0.25, 0.3) is 0 Å². The molecule has 1 N–H and O–H groups in total. The molecule has 0 aliphatic rings. The van der Waals surface area contributed by atoms with Gasteiger partial charge in [0.2, 0.25) is 0 Å². The van der Waals surface area contributed by atoms with Crippen LogP contribution in [0, 0.1) is 6.92 Å². The van der Waals surface area contributed by atoms with Gasteiger partial charge in [-0.1, -0.05) is 11.6 Å². The normalized spacial score (nSPS) is 13.1. The summed E-state index contributed by atoms with van der Waals surface area (Å²) in [6, 6.07) is 3.63. The van der Waals surface area contributed by atoms with Gasteiger partial charge in [-0.3, -0.25) is 4.68 Å². The van der Waals surface area contributed by atoms with Gasteiger partial charge in [-0.05, 0) is 19.1 Å². The van der Waals surface area contributed by atoms with Crippen LogP contribution in [0.5, 0.6) is 0 Å². The fourth-order valence-corrected chi connectivity index (χ4v) is 2.58. The number of halogens is 1. The van der Waals surface area contributed by atoms with Gasteiger partial charge in [0.15, 0.2) is 0 Å². The van der Waals surface area contributed by atoms with Crippen LogP contribution in [0.25, 0.3) is 0 Å². The van der Waals surface area contributed by atoms with Crippen molar-refractivity contribution in [2.75, 3.05) is 0 Å². The molecule has 0 radical (unpaired) electrons. The van der Waals surface area contributed by atoms with E-state index in [1.165, 1.54) is 11.3 Å². The van der Waals surface area contributed by atoms with Crippen LogP contribution in [-0.2, 0) is 7.05 Å². The maximum absolute atomic E-state index is 10.1. The van der Waals surface area contributed by atoms with Gasteiger partial charge in [-0.25, -0.2) is 0 Å². The minimum Gasteiger partial charge on any atom is -0.383 e. The third-order valence-electron chi connectivity index (χ3n) is 2.21. The van der Waals surface area contributed by atoms with Crippen molar-refractivity contribution in [1.82, 2.24) is 9.78 Å². The van der Waals surface area contributed by atoms with Gasteiger partial charge < -0.3 is 5.11 Å². The summed E-state index contributed by atoms with van der Waals surface area (Å²) in [4.78, 5) is 0.844. The molecule has 80 valence electrons. The zero-order valence-corrected chi connectivity index (χ0v) is 10.0. The highest BCUT2D eigenvalue weighted by molar-refractivity contribution is 7.16. The van der Waals surface area contributed by atoms with E-state index >= 15 is 0 Å². The summed E-state index contributed by atoms with van der Waals surface area (Å²) in [5.41, 5.74) is 1.67. The first-order valence-electron chi connectivity index (χ1n) is 4.51. The molecule has 2 rings (SSSR count). The SMILES string of the molecule is Cc1nn(C)cc1C(O)c1ccc(Cl)s1. The molecule has 0 fully saturated rings. The van der Waals surface area contributed by atoms with E-state index in [9.17, 15) is 5.11 Å². The fourth-order valence-electron chi connectivity index (χ4n) is 1.51. The van der Waals surface area contributed by atoms with Crippen LogP contribution in [0.2, 0.25) is 4.34 Å². The number of aliphatic hydroxyl groups excluding tert-OH is 1. The van der Waals surface area contributed by atoms with Gasteiger partial charge in [0.1, 0.15) is 6.10 Å². The number of hydrogen-bond donors (Lipinski definition) is 1. The van der Waals surface area contributed by atoms with Gasteiger partial charge >= 0.3 is 0 Å². The molecule has 0 saturated carbocycles. The molecule has 1 atom stereocenters. The zero-order chi connectivity index (χ0) is 11.0. The second-order valence-electron chi connectivity index (χ2n) is 3.39. The summed E-state index contributed by atoms with van der Waals surface area (Å²) in [5, 5.41) is 14.3. The van der Waals surface area contributed by atoms with Crippen molar-refractivity contribution in [1.29, 1.82) is 0 Å². The molecule has 0 aromatic carbocycles. The average Bonchev–Trinajstić information content (AvgIpc) is 2.71. The molecule has 15 heavy (non-hydrogen) atoms. The van der Waals surface area contributed by atoms with E-state index < -0.39 is 6.10 Å². The molecule has 0 amide bonds. The van der Waals surface area contributed by atoms with E-state index in [0.717, 1.165) is 16.1 Å². The van der Waals surface area contributed by atoms with Crippen molar-refractivity contribution in [3.8, 4) is 0 Å². The Morgan fingerprint density at radius 2 is 2.27 bits per heavy atom. The Morgan fingerprint density at radius 1 is 1.53 bits per heavy atom. The molecule has 0 bridgehead atoms. The number of thiophene rings is 1. The van der Waals surface area contributed by atoms with Gasteiger partial charge in [0, 0.05) is 23.7 Å². The largest absolute Gasteiger partial charge is 0.383 e. The third kappa shape index (κ3) is 2.07. The van der Waals surface area contributed by atoms with Crippen molar-refractivity contribution in [2.24, 2.45) is 7.05 Å². The molecule has 0 spiro atoms. The summed E-state index contributed by atoms with van der Waals surface area (Å²) in [6.07, 6.45) is 1.20. The Hall–Kier alpha value is -0.840. The van der Waals surface area contributed by atoms with E-state index in [1.807, 2.05) is 26.2 Å². The average molecular weight is 243 g/mol. The zero-order valence-electron chi connectivity index (χ0n) is 8.44. The molecule has 3 nitrogen and oxygen atoms in total. The van der Waals surface area contributed by atoms with Crippen LogP contribution < -0.4 is 0 Å². The van der Waals surface area contributed by atoms with Crippen molar-refractivity contribution in [3.05, 3.63) is 38.8 Å². The maximum Gasteiger partial charge on any atom is 0.117 e. The van der Waals surface area contributed by atoms with Gasteiger partial charge in [-0.15, -0.1) is 11.3 Å². The maximum atomic E-state index is 10.1. The van der Waals surface area contributed by atoms with Crippen molar-refractivity contribution >= 4 is 22.9 Å². The van der Waals surface area contributed by atoms with E-state index in [4.69, 9.17) is 11.6 Å². The number of rotatable bonds is 2. The number of nitrogens with zero attached hydrogens (tertiary/aromatic N) is 2. The van der Waals surface area contributed by atoms with Crippen LogP contribution >= 0.6 is 22.9 Å². The third-order valence-corrected chi connectivity index (χ3v) is 3.49. The highest BCUT2D eigenvalue weighted by Gasteiger charge is 2.17. The lowest BCUT2D eigenvalue weighted by atomic mass is 10.1. The molecular weight excluding hydrogens is 232 g/mol. The lowest BCUT2D eigenvalue weighted by molar-refractivity contribution is 0.223.